The third-order valence-corrected chi connectivity index (χ3v) is 22.5. The molecule has 0 radical (unpaired) electrons. The second kappa shape index (κ2) is 38.4. The van der Waals surface area contributed by atoms with Crippen LogP contribution in [0.25, 0.3) is 11.1 Å². The van der Waals surface area contributed by atoms with Crippen LogP contribution in [0.15, 0.2) is 164 Å². The van der Waals surface area contributed by atoms with E-state index in [4.69, 9.17) is 62.1 Å². The summed E-state index contributed by atoms with van der Waals surface area (Å²) in [6.07, 6.45) is -18.4. The molecule has 2 saturated heterocycles. The van der Waals surface area contributed by atoms with E-state index >= 15 is 24.0 Å². The van der Waals surface area contributed by atoms with Crippen molar-refractivity contribution in [2.75, 3.05) is 20.2 Å². The number of fused-ring (bicyclic) bond motifs is 15. The summed E-state index contributed by atoms with van der Waals surface area (Å²) in [7, 11) is 1.48. The highest BCUT2D eigenvalue weighted by Gasteiger charge is 2.52. The maximum Gasteiger partial charge on any atom is 0.248 e. The molecule has 0 aliphatic carbocycles. The molecule has 650 valence electrons. The number of rotatable bonds is 21. The van der Waals surface area contributed by atoms with Crippen LogP contribution in [-0.4, -0.2) is 192 Å². The van der Waals surface area contributed by atoms with Crippen LogP contribution in [0.5, 0.6) is 57.5 Å². The van der Waals surface area contributed by atoms with Crippen molar-refractivity contribution in [2.24, 2.45) is 11.7 Å². The molecular weight excluding hydrogens is 1640 g/mol. The number of nitrogens with one attached hydrogen (secondary N) is 9. The minimum atomic E-state index is -2.35. The molecular formula is C87H94Cl2N10O24. The maximum atomic E-state index is 16.4. The number of carbonyl (C=O) groups excluding carboxylic acids is 8. The van der Waals surface area contributed by atoms with Gasteiger partial charge in [0.15, 0.2) is 23.9 Å². The van der Waals surface area contributed by atoms with E-state index in [-0.39, 0.29) is 82.6 Å². The Kier molecular flexibility index (Phi) is 27.8. The van der Waals surface area contributed by atoms with E-state index in [1.165, 1.54) is 31.3 Å². The van der Waals surface area contributed by atoms with E-state index in [0.29, 0.717) is 11.5 Å². The van der Waals surface area contributed by atoms with Gasteiger partial charge in [0.25, 0.3) is 0 Å². The molecule has 7 heterocycles. The van der Waals surface area contributed by atoms with Gasteiger partial charge in [0, 0.05) is 42.2 Å². The topological polar surface area (TPSA) is 518 Å². The quantitative estimate of drug-likeness (QED) is 0.0450. The number of halogens is 2. The fraction of sp³-hybridized carbons (Fsp3) is 0.356. The Labute approximate surface area is 714 Å². The maximum absolute atomic E-state index is 16.4. The first-order chi connectivity index (χ1) is 58.7. The van der Waals surface area contributed by atoms with Gasteiger partial charge in [-0.25, -0.2) is 0 Å². The lowest BCUT2D eigenvalue weighted by Gasteiger charge is -2.48. The molecule has 11 bridgehead atoms. The first-order valence-corrected chi connectivity index (χ1v) is 40.3. The molecule has 8 amide bonds. The van der Waals surface area contributed by atoms with Gasteiger partial charge in [-0.1, -0.05) is 116 Å². The summed E-state index contributed by atoms with van der Waals surface area (Å²) < 4.78 is 45.7. The fourth-order valence-electron chi connectivity index (χ4n) is 15.3. The second-order valence-corrected chi connectivity index (χ2v) is 32.0. The zero-order valence-corrected chi connectivity index (χ0v) is 68.4. The molecule has 20 N–H and O–H groups in total. The number of nitrogens with two attached hydrogens (primary N) is 1. The van der Waals surface area contributed by atoms with Crippen LogP contribution in [0, 0.1) is 5.92 Å². The first-order valence-electron chi connectivity index (χ1n) is 39.6. The number of carbonyl (C=O) groups is 8. The van der Waals surface area contributed by atoms with Crippen LogP contribution >= 0.6 is 23.2 Å². The van der Waals surface area contributed by atoms with Gasteiger partial charge >= 0.3 is 0 Å². The van der Waals surface area contributed by atoms with Gasteiger partial charge in [-0.2, -0.15) is 0 Å². The molecule has 18 atom stereocenters. The Balaban J connectivity index is 0.974. The van der Waals surface area contributed by atoms with Gasteiger partial charge in [0.1, 0.15) is 107 Å². The molecule has 0 unspecified atom stereocenters. The first kappa shape index (κ1) is 89.0. The number of ether oxygens (including phenoxy) is 7. The van der Waals surface area contributed by atoms with Gasteiger partial charge < -0.3 is 133 Å². The summed E-state index contributed by atoms with van der Waals surface area (Å²) in [5.74, 6) is -13.4. The lowest BCUT2D eigenvalue weighted by molar-refractivity contribution is -0.334. The number of aromatic hydroxyl groups is 3. The fourth-order valence-corrected chi connectivity index (χ4v) is 15.8. The average molecular weight is 1730 g/mol. The van der Waals surface area contributed by atoms with E-state index in [1.54, 1.807) is 56.3 Å². The van der Waals surface area contributed by atoms with Gasteiger partial charge in [0.2, 0.25) is 59.3 Å². The third kappa shape index (κ3) is 20.3. The molecule has 36 heteroatoms. The normalized spacial score (nSPS) is 26.1. The largest absolute Gasteiger partial charge is 0.508 e. The molecule has 123 heavy (non-hydrogen) atoms. The Hall–Kier alpha value is -11.7. The minimum Gasteiger partial charge on any atom is -0.508 e. The van der Waals surface area contributed by atoms with Crippen molar-refractivity contribution in [1.29, 1.82) is 0 Å². The molecule has 0 aromatic heterocycles. The van der Waals surface area contributed by atoms with Crippen molar-refractivity contribution in [3.05, 3.63) is 213 Å². The minimum absolute atomic E-state index is 0.0606. The van der Waals surface area contributed by atoms with Crippen molar-refractivity contribution in [3.63, 3.8) is 0 Å². The number of aliphatic hydroxyl groups is 6. The summed E-state index contributed by atoms with van der Waals surface area (Å²) in [4.78, 5) is 121. The van der Waals surface area contributed by atoms with Gasteiger partial charge in [-0.3, -0.25) is 38.4 Å². The number of hydrogen-bond acceptors (Lipinski definition) is 26. The number of hydrogen-bond donors (Lipinski definition) is 19. The standard InChI is InChI=1S/C87H94Cl2N10O24/c1-40(2)28-55(91-5)79(110)98-70-72(105)45-19-24-59(53(88)30-45)119-61-32-47-33-62(76(61)123-86-77(75(108)74(107)63(39-100)121-86)122-65-37-87(4,78(109)41(3)117-65)93-38-43-16-21-50(22-17-43)118-49-14-10-7-11-15-49)120-60-25-20-46(31-54(60)89)73(106)71-85(116)97-69(81(112)92-27-26-42-12-8-6-9-13-42)52-34-48(101)35-58(103)66(52)51-29-44(18-23-57(51)102)67(82(113)99-71)96-83(114)68(47)95-80(111)56(36-64(90)104)94-84(70)115/h6-25,29-35,40-41,55-56,63,65,67-75,77-78,86,91,93,100-103,105-109H,26-28,36-39H2,1-5H3,(H2,90,104)(H,92,112)(H,94,115)(H,95,111)(H,96,114)(H,97,116)(H,98,110)(H,99,113)/t41-,55+,56-,63+,65-,67+,68+,69-,70+,71-,72+,73+,74+,75-,77+,78-,86-,87-/m0/s1. The van der Waals surface area contributed by atoms with E-state index in [9.17, 15) is 60.3 Å². The highest BCUT2D eigenvalue weighted by atomic mass is 35.5. The van der Waals surface area contributed by atoms with E-state index in [0.717, 1.165) is 65.7 Å². The van der Waals surface area contributed by atoms with Crippen molar-refractivity contribution < 1.29 is 117 Å². The molecule has 7 aliphatic heterocycles. The van der Waals surface area contributed by atoms with Crippen molar-refractivity contribution in [3.8, 4) is 68.6 Å². The number of likely N-dealkylation sites (N-methyl/N-ethyl adjacent to an activating group) is 1. The van der Waals surface area contributed by atoms with Gasteiger partial charge in [-0.15, -0.1) is 0 Å². The van der Waals surface area contributed by atoms with Gasteiger partial charge in [0.05, 0.1) is 41.3 Å². The van der Waals surface area contributed by atoms with E-state index in [1.807, 2.05) is 56.3 Å². The van der Waals surface area contributed by atoms with Crippen molar-refractivity contribution >= 4 is 70.5 Å². The summed E-state index contributed by atoms with van der Waals surface area (Å²) >= 11 is 14.4. The number of amides is 8. The zero-order chi connectivity index (χ0) is 88.0. The summed E-state index contributed by atoms with van der Waals surface area (Å²) in [5.41, 5.74) is 3.84. The predicted molar refractivity (Wildman–Crippen MR) is 440 cm³/mol. The number of phenolic OH excluding ortho intramolecular Hbond substituents is 3. The van der Waals surface area contributed by atoms with Crippen LogP contribution < -0.4 is 72.5 Å². The third-order valence-electron chi connectivity index (χ3n) is 21.9. The SMILES string of the molecule is CN[C@H](CC(C)C)C(=O)N[C@H]1C(=O)N[C@@H](CC(N)=O)C(=O)N[C@H]2C(=O)N[C@H]3C(=O)N[C@H](C(=O)N[C@H](C(=O)NCCc4ccccc4)c4cc(O)cc(O)c4-c4cc3ccc4O)[C@H](O)c3ccc(c(Cl)c3)Oc3cc2cc(c3O[C@@H]2O[C@H](CO)[C@@H](O)[C@H](O)[C@H]2O[C@H]2C[C@](C)(NCc3ccc(Oc4ccccc4)cc3)[C@@H](O)[C@H](C)O2)Oc2ccc(cc2Cl)[C@H]1O. The van der Waals surface area contributed by atoms with Crippen LogP contribution in [0.4, 0.5) is 0 Å². The molecule has 2 fully saturated rings. The molecule has 8 aromatic rings. The van der Waals surface area contributed by atoms with E-state index in [2.05, 4.69) is 47.9 Å². The van der Waals surface area contributed by atoms with Gasteiger partial charge in [-0.05, 0) is 157 Å². The highest BCUT2D eigenvalue weighted by molar-refractivity contribution is 6.32. The summed E-state index contributed by atoms with van der Waals surface area (Å²) in [6.45, 7) is 6.09. The smallest absolute Gasteiger partial charge is 0.248 e. The van der Waals surface area contributed by atoms with Crippen molar-refractivity contribution in [1.82, 2.24) is 47.9 Å². The monoisotopic (exact) mass is 1730 g/mol. The zero-order valence-electron chi connectivity index (χ0n) is 66.9. The van der Waals surface area contributed by atoms with Crippen molar-refractivity contribution in [2.45, 2.75) is 169 Å². The lowest BCUT2D eigenvalue weighted by Crippen LogP contribution is -2.65. The predicted octanol–water partition coefficient (Wildman–Crippen LogP) is 5.00. The lowest BCUT2D eigenvalue weighted by atomic mass is 9.84. The Bertz CT molecular complexity index is 5260. The Morgan fingerprint density at radius 3 is 1.89 bits per heavy atom. The molecule has 0 spiro atoms. The summed E-state index contributed by atoms with van der Waals surface area (Å²) in [5, 5.41) is 131. The molecule has 34 nitrogen and oxygen atoms in total. The second-order valence-electron chi connectivity index (χ2n) is 31.2. The van der Waals surface area contributed by atoms with E-state index < -0.39 is 220 Å². The molecule has 15 rings (SSSR count). The molecule has 8 aromatic carbocycles. The number of benzene rings is 8. The average Bonchev–Trinajstić information content (AvgIpc) is 0.766. The number of para-hydroxylation sites is 1. The van der Waals surface area contributed by atoms with Crippen LogP contribution in [0.3, 0.4) is 0 Å². The number of phenols is 3. The van der Waals surface area contributed by atoms with Crippen LogP contribution in [0.2, 0.25) is 10.0 Å². The number of aliphatic hydroxyl groups excluding tert-OH is 6. The summed E-state index contributed by atoms with van der Waals surface area (Å²) in [6, 6.07) is 25.8. The van der Waals surface area contributed by atoms with Crippen LogP contribution in [-0.2, 0) is 65.5 Å². The number of primary amides is 1. The molecule has 7 aliphatic rings. The molecule has 0 saturated carbocycles. The van der Waals surface area contributed by atoms with Crippen LogP contribution in [0.1, 0.15) is 116 Å². The Morgan fingerprint density at radius 1 is 0.642 bits per heavy atom. The Morgan fingerprint density at radius 2 is 1.26 bits per heavy atom. The highest BCUT2D eigenvalue weighted by Crippen LogP contribution is 2.50.